The average Bonchev–Trinajstić information content (AvgIpc) is 2.23. The van der Waals surface area contributed by atoms with Gasteiger partial charge in [-0.25, -0.2) is 4.98 Å². The zero-order valence-electron chi connectivity index (χ0n) is 8.02. The lowest BCUT2D eigenvalue weighted by molar-refractivity contribution is 1.29. The first-order valence-corrected chi connectivity index (χ1v) is 5.72. The third-order valence-corrected chi connectivity index (χ3v) is 3.24. The quantitative estimate of drug-likeness (QED) is 0.540. The molecule has 0 spiro atoms. The molecule has 0 unspecified atom stereocenters. The van der Waals surface area contributed by atoms with E-state index in [9.17, 15) is 0 Å². The molecule has 1 heterocycles. The number of nitrogens with zero attached hydrogens (tertiary/aromatic N) is 1. The van der Waals surface area contributed by atoms with Crippen molar-refractivity contribution in [3.8, 4) is 0 Å². The van der Waals surface area contributed by atoms with Gasteiger partial charge in [0.15, 0.2) is 0 Å². The van der Waals surface area contributed by atoms with E-state index in [2.05, 4.69) is 4.98 Å². The van der Waals surface area contributed by atoms with Crippen LogP contribution in [0.15, 0.2) is 18.2 Å². The number of pyridine rings is 1. The number of hydrogen-bond acceptors (Lipinski definition) is 1. The third kappa shape index (κ3) is 1.92. The van der Waals surface area contributed by atoms with E-state index < -0.39 is 0 Å². The van der Waals surface area contributed by atoms with Crippen LogP contribution >= 0.6 is 34.8 Å². The summed E-state index contributed by atoms with van der Waals surface area (Å²) in [5, 5.41) is 2.03. The molecule has 0 radical (unpaired) electrons. The maximum absolute atomic E-state index is 6.04. The normalized spacial score (nSPS) is 10.9. The van der Waals surface area contributed by atoms with Gasteiger partial charge in [0.1, 0.15) is 5.15 Å². The van der Waals surface area contributed by atoms with Gasteiger partial charge < -0.3 is 0 Å². The van der Waals surface area contributed by atoms with E-state index in [1.807, 2.05) is 25.1 Å². The average molecular weight is 261 g/mol. The van der Waals surface area contributed by atoms with Gasteiger partial charge in [-0.15, -0.1) is 11.6 Å². The SMILES string of the molecule is Cc1ccc(Cl)c2nc(Cl)c(CCl)cc12. The highest BCUT2D eigenvalue weighted by molar-refractivity contribution is 6.36. The fraction of sp³-hybridized carbons (Fsp3) is 0.182. The Bertz CT molecular complexity index is 523. The van der Waals surface area contributed by atoms with E-state index in [0.717, 1.165) is 22.0 Å². The Balaban J connectivity index is 2.86. The van der Waals surface area contributed by atoms with Crippen molar-refractivity contribution in [3.63, 3.8) is 0 Å². The lowest BCUT2D eigenvalue weighted by Crippen LogP contribution is -1.90. The molecule has 0 N–H and O–H groups in total. The molecule has 78 valence electrons. The van der Waals surface area contributed by atoms with E-state index in [1.54, 1.807) is 0 Å². The first kappa shape index (κ1) is 11.0. The maximum atomic E-state index is 6.04. The fourth-order valence-corrected chi connectivity index (χ4v) is 2.16. The molecule has 0 bridgehead atoms. The van der Waals surface area contributed by atoms with Gasteiger partial charge in [0, 0.05) is 10.9 Å². The minimum atomic E-state index is 0.355. The minimum Gasteiger partial charge on any atom is -0.234 e. The predicted octanol–water partition coefficient (Wildman–Crippen LogP) is 4.59. The molecule has 0 aliphatic rings. The first-order chi connectivity index (χ1) is 7.13. The van der Waals surface area contributed by atoms with Crippen molar-refractivity contribution < 1.29 is 0 Å². The van der Waals surface area contributed by atoms with Gasteiger partial charge in [0.05, 0.1) is 16.4 Å². The van der Waals surface area contributed by atoms with Crippen molar-refractivity contribution >= 4 is 45.7 Å². The first-order valence-electron chi connectivity index (χ1n) is 4.43. The summed E-state index contributed by atoms with van der Waals surface area (Å²) in [6.45, 7) is 2.01. The van der Waals surface area contributed by atoms with Crippen LogP contribution in [0.1, 0.15) is 11.1 Å². The molecule has 0 saturated carbocycles. The number of aromatic nitrogens is 1. The molecule has 0 fully saturated rings. The van der Waals surface area contributed by atoms with E-state index in [1.165, 1.54) is 0 Å². The van der Waals surface area contributed by atoms with Crippen molar-refractivity contribution in [1.29, 1.82) is 0 Å². The molecule has 0 amide bonds. The van der Waals surface area contributed by atoms with Crippen molar-refractivity contribution in [2.75, 3.05) is 0 Å². The molecule has 2 rings (SSSR count). The second kappa shape index (κ2) is 4.17. The van der Waals surface area contributed by atoms with Crippen LogP contribution in [0.3, 0.4) is 0 Å². The zero-order chi connectivity index (χ0) is 11.0. The molecule has 0 aliphatic carbocycles. The topological polar surface area (TPSA) is 12.9 Å². The largest absolute Gasteiger partial charge is 0.234 e. The van der Waals surface area contributed by atoms with Crippen LogP contribution in [0.2, 0.25) is 10.2 Å². The number of fused-ring (bicyclic) bond motifs is 1. The van der Waals surface area contributed by atoms with Gasteiger partial charge in [-0.2, -0.15) is 0 Å². The Morgan fingerprint density at radius 3 is 2.67 bits per heavy atom. The van der Waals surface area contributed by atoms with E-state index in [-0.39, 0.29) is 0 Å². The van der Waals surface area contributed by atoms with Crippen LogP contribution in [0.25, 0.3) is 10.9 Å². The number of rotatable bonds is 1. The van der Waals surface area contributed by atoms with E-state index >= 15 is 0 Å². The lowest BCUT2D eigenvalue weighted by Gasteiger charge is -2.06. The molecule has 4 heteroatoms. The number of alkyl halides is 1. The van der Waals surface area contributed by atoms with Crippen molar-refractivity contribution in [2.45, 2.75) is 12.8 Å². The molecule has 15 heavy (non-hydrogen) atoms. The molecule has 1 nitrogen and oxygen atoms in total. The molecule has 2 aromatic rings. The van der Waals surface area contributed by atoms with Crippen molar-refractivity contribution in [2.24, 2.45) is 0 Å². The number of aryl methyl sites for hydroxylation is 1. The highest BCUT2D eigenvalue weighted by Gasteiger charge is 2.08. The van der Waals surface area contributed by atoms with E-state index in [4.69, 9.17) is 34.8 Å². The maximum Gasteiger partial charge on any atom is 0.134 e. The number of benzene rings is 1. The Kier molecular flexibility index (Phi) is 3.06. The zero-order valence-corrected chi connectivity index (χ0v) is 10.3. The van der Waals surface area contributed by atoms with Crippen LogP contribution in [0.4, 0.5) is 0 Å². The summed E-state index contributed by atoms with van der Waals surface area (Å²) in [7, 11) is 0. The van der Waals surface area contributed by atoms with Gasteiger partial charge in [-0.3, -0.25) is 0 Å². The highest BCUT2D eigenvalue weighted by Crippen LogP contribution is 2.29. The lowest BCUT2D eigenvalue weighted by atomic mass is 10.1. The van der Waals surface area contributed by atoms with Gasteiger partial charge in [0.25, 0.3) is 0 Å². The fourth-order valence-electron chi connectivity index (χ4n) is 1.48. The van der Waals surface area contributed by atoms with Crippen LogP contribution in [0, 0.1) is 6.92 Å². The molecular formula is C11H8Cl3N. The number of hydrogen-bond donors (Lipinski definition) is 0. The number of halogens is 3. The second-order valence-corrected chi connectivity index (χ2v) is 4.36. The summed E-state index contributed by atoms with van der Waals surface area (Å²) in [4.78, 5) is 4.26. The Hall–Kier alpha value is -0.500. The molecular weight excluding hydrogens is 252 g/mol. The van der Waals surface area contributed by atoms with Crippen LogP contribution in [-0.4, -0.2) is 4.98 Å². The molecule has 0 saturated heterocycles. The summed E-state index contributed by atoms with van der Waals surface area (Å²) in [5.74, 6) is 0.355. The highest BCUT2D eigenvalue weighted by atomic mass is 35.5. The van der Waals surface area contributed by atoms with Crippen molar-refractivity contribution in [3.05, 3.63) is 39.5 Å². The van der Waals surface area contributed by atoms with Crippen LogP contribution < -0.4 is 0 Å². The minimum absolute atomic E-state index is 0.355. The summed E-state index contributed by atoms with van der Waals surface area (Å²) in [6, 6.07) is 5.72. The molecule has 1 aromatic carbocycles. The van der Waals surface area contributed by atoms with Gasteiger partial charge in [-0.1, -0.05) is 29.3 Å². The standard InChI is InChI=1S/C11H8Cl3N/c1-6-2-3-9(13)10-8(6)4-7(5-12)11(14)15-10/h2-4H,5H2,1H3. The van der Waals surface area contributed by atoms with Crippen LogP contribution in [-0.2, 0) is 5.88 Å². The molecule has 0 atom stereocenters. The van der Waals surface area contributed by atoms with Gasteiger partial charge in [-0.05, 0) is 24.6 Å². The second-order valence-electron chi connectivity index (χ2n) is 3.33. The molecule has 1 aromatic heterocycles. The Labute approximate surface area is 103 Å². The summed E-state index contributed by atoms with van der Waals surface area (Å²) >= 11 is 17.8. The summed E-state index contributed by atoms with van der Waals surface area (Å²) in [6.07, 6.45) is 0. The van der Waals surface area contributed by atoms with Crippen LogP contribution in [0.5, 0.6) is 0 Å². The Morgan fingerprint density at radius 1 is 1.27 bits per heavy atom. The predicted molar refractivity (Wildman–Crippen MR) is 66.1 cm³/mol. The smallest absolute Gasteiger partial charge is 0.134 e. The van der Waals surface area contributed by atoms with E-state index in [0.29, 0.717) is 16.1 Å². The monoisotopic (exact) mass is 259 g/mol. The Morgan fingerprint density at radius 2 is 2.00 bits per heavy atom. The molecule has 0 aliphatic heterocycles. The van der Waals surface area contributed by atoms with Crippen molar-refractivity contribution in [1.82, 2.24) is 4.98 Å². The summed E-state index contributed by atoms with van der Waals surface area (Å²) in [5.41, 5.74) is 2.68. The van der Waals surface area contributed by atoms with Gasteiger partial charge >= 0.3 is 0 Å². The summed E-state index contributed by atoms with van der Waals surface area (Å²) < 4.78 is 0. The third-order valence-electron chi connectivity index (χ3n) is 2.32. The van der Waals surface area contributed by atoms with Gasteiger partial charge in [0.2, 0.25) is 0 Å².